The Balaban J connectivity index is 1.68. The topological polar surface area (TPSA) is 136 Å². The molecule has 0 bridgehead atoms. The number of rotatable bonds is 3. The third kappa shape index (κ3) is 3.52. The van der Waals surface area contributed by atoms with Crippen molar-refractivity contribution in [3.63, 3.8) is 0 Å². The molecule has 4 heterocycles. The summed E-state index contributed by atoms with van der Waals surface area (Å²) in [6.07, 6.45) is 5.43. The maximum absolute atomic E-state index is 12.8. The number of nitrogens with zero attached hydrogens (tertiary/aromatic N) is 7. The van der Waals surface area contributed by atoms with Crippen molar-refractivity contribution in [1.29, 1.82) is 5.26 Å². The van der Waals surface area contributed by atoms with Gasteiger partial charge in [0.2, 0.25) is 5.95 Å². The van der Waals surface area contributed by atoms with Crippen LogP contribution in [0.1, 0.15) is 34.8 Å². The van der Waals surface area contributed by atoms with Gasteiger partial charge in [-0.2, -0.15) is 5.26 Å². The van der Waals surface area contributed by atoms with Crippen LogP contribution >= 0.6 is 0 Å². The second kappa shape index (κ2) is 7.98. The largest absolute Gasteiger partial charge is 0.465 e. The maximum atomic E-state index is 12.8. The van der Waals surface area contributed by atoms with Gasteiger partial charge in [0.1, 0.15) is 6.07 Å². The molecule has 1 aliphatic rings. The SMILES string of the molecule is COC(=O)c1cnc2c(c1)n(C)c(=O)c(=O)n2C1CCN(c2ncc(C#N)cn2)CC1. The molecule has 4 rings (SSSR count). The number of esters is 1. The van der Waals surface area contributed by atoms with Gasteiger partial charge in [-0.1, -0.05) is 0 Å². The number of aromatic nitrogens is 5. The minimum atomic E-state index is -0.686. The number of anilines is 1. The first kappa shape index (κ1) is 20.2. The third-order valence-electron chi connectivity index (χ3n) is 5.44. The normalized spacial score (nSPS) is 14.4. The van der Waals surface area contributed by atoms with Crippen molar-refractivity contribution in [2.75, 3.05) is 25.1 Å². The summed E-state index contributed by atoms with van der Waals surface area (Å²) in [7, 11) is 2.74. The lowest BCUT2D eigenvalue weighted by atomic mass is 10.0. The summed E-state index contributed by atoms with van der Waals surface area (Å²) in [5.74, 6) is -0.0604. The smallest absolute Gasteiger partial charge is 0.339 e. The first-order valence-corrected chi connectivity index (χ1v) is 9.61. The number of fused-ring (bicyclic) bond motifs is 1. The average molecular weight is 421 g/mol. The van der Waals surface area contributed by atoms with Gasteiger partial charge < -0.3 is 14.2 Å². The van der Waals surface area contributed by atoms with Crippen LogP contribution in [0.3, 0.4) is 0 Å². The molecule has 31 heavy (non-hydrogen) atoms. The van der Waals surface area contributed by atoms with Gasteiger partial charge in [-0.25, -0.2) is 19.7 Å². The number of piperidine rings is 1. The highest BCUT2D eigenvalue weighted by Crippen LogP contribution is 2.25. The molecule has 158 valence electrons. The van der Waals surface area contributed by atoms with E-state index in [-0.39, 0.29) is 11.6 Å². The molecular formula is C20H19N7O4. The number of hydrogen-bond donors (Lipinski definition) is 0. The molecule has 0 unspecified atom stereocenters. The Labute approximate surface area is 176 Å². The zero-order valence-corrected chi connectivity index (χ0v) is 17.0. The standard InChI is InChI=1S/C20H19N7O4/c1-25-15-7-13(19(30)31-2)11-22-16(15)27(18(29)17(25)28)14-3-5-26(6-4-14)20-23-9-12(8-21)10-24-20/h7,9-11,14H,3-6H2,1-2H3. The quantitative estimate of drug-likeness (QED) is 0.434. The number of nitriles is 1. The van der Waals surface area contributed by atoms with Gasteiger partial charge in [0, 0.05) is 32.4 Å². The molecule has 1 fully saturated rings. The molecule has 0 aromatic carbocycles. The highest BCUT2D eigenvalue weighted by molar-refractivity contribution is 5.92. The van der Waals surface area contributed by atoms with Gasteiger partial charge in [0.15, 0.2) is 5.65 Å². The minimum absolute atomic E-state index is 0.197. The molecule has 0 amide bonds. The summed E-state index contributed by atoms with van der Waals surface area (Å²) in [6.45, 7) is 1.14. The maximum Gasteiger partial charge on any atom is 0.339 e. The molecule has 0 aliphatic carbocycles. The zero-order valence-electron chi connectivity index (χ0n) is 17.0. The fourth-order valence-electron chi connectivity index (χ4n) is 3.77. The van der Waals surface area contributed by atoms with Crippen molar-refractivity contribution in [3.05, 3.63) is 56.5 Å². The first-order chi connectivity index (χ1) is 14.9. The molecular weight excluding hydrogens is 402 g/mol. The molecule has 1 aliphatic heterocycles. The molecule has 0 spiro atoms. The molecule has 0 N–H and O–H groups in total. The van der Waals surface area contributed by atoms with Crippen molar-refractivity contribution in [1.82, 2.24) is 24.1 Å². The Hall–Kier alpha value is -4.07. The number of carbonyl (C=O) groups is 1. The van der Waals surface area contributed by atoms with Crippen molar-refractivity contribution < 1.29 is 9.53 Å². The summed E-state index contributed by atoms with van der Waals surface area (Å²) in [5, 5.41) is 8.88. The predicted octanol–water partition coefficient (Wildman–Crippen LogP) is 0.385. The Kier molecular flexibility index (Phi) is 5.21. The summed E-state index contributed by atoms with van der Waals surface area (Å²) < 4.78 is 7.35. The van der Waals surface area contributed by atoms with Crippen molar-refractivity contribution in [3.8, 4) is 6.07 Å². The molecule has 3 aromatic heterocycles. The zero-order chi connectivity index (χ0) is 22.1. The van der Waals surface area contributed by atoms with E-state index in [1.807, 2.05) is 11.0 Å². The lowest BCUT2D eigenvalue weighted by Gasteiger charge is -2.33. The van der Waals surface area contributed by atoms with Gasteiger partial charge in [-0.05, 0) is 18.9 Å². The van der Waals surface area contributed by atoms with Crippen LogP contribution in [0.15, 0.2) is 34.2 Å². The van der Waals surface area contributed by atoms with E-state index in [2.05, 4.69) is 15.0 Å². The van der Waals surface area contributed by atoms with E-state index in [4.69, 9.17) is 10.00 Å². The number of hydrogen-bond acceptors (Lipinski definition) is 9. The van der Waals surface area contributed by atoms with E-state index in [0.717, 1.165) is 0 Å². The van der Waals surface area contributed by atoms with Crippen LogP contribution < -0.4 is 16.0 Å². The van der Waals surface area contributed by atoms with E-state index < -0.39 is 17.1 Å². The van der Waals surface area contributed by atoms with Crippen LogP contribution in [0.25, 0.3) is 11.2 Å². The summed E-state index contributed by atoms with van der Waals surface area (Å²) >= 11 is 0. The summed E-state index contributed by atoms with van der Waals surface area (Å²) in [4.78, 5) is 52.0. The molecule has 0 atom stereocenters. The van der Waals surface area contributed by atoms with Gasteiger partial charge in [0.25, 0.3) is 0 Å². The summed E-state index contributed by atoms with van der Waals surface area (Å²) in [6, 6.07) is 3.25. The van der Waals surface area contributed by atoms with Crippen LogP contribution in [0.4, 0.5) is 5.95 Å². The monoisotopic (exact) mass is 421 g/mol. The van der Waals surface area contributed by atoms with Crippen LogP contribution in [-0.4, -0.2) is 50.3 Å². The third-order valence-corrected chi connectivity index (χ3v) is 5.44. The number of pyridine rings is 1. The Morgan fingerprint density at radius 2 is 1.81 bits per heavy atom. The minimum Gasteiger partial charge on any atom is -0.465 e. The Bertz CT molecular complexity index is 1310. The van der Waals surface area contributed by atoms with Crippen molar-refractivity contribution >= 4 is 23.1 Å². The van der Waals surface area contributed by atoms with Gasteiger partial charge in [0.05, 0.1) is 36.1 Å². The van der Waals surface area contributed by atoms with E-state index in [1.165, 1.54) is 47.9 Å². The summed E-state index contributed by atoms with van der Waals surface area (Å²) in [5.41, 5.74) is -0.0362. The molecule has 1 saturated heterocycles. The Morgan fingerprint density at radius 3 is 2.42 bits per heavy atom. The molecule has 3 aromatic rings. The average Bonchev–Trinajstić information content (AvgIpc) is 2.82. The second-order valence-corrected chi connectivity index (χ2v) is 7.20. The lowest BCUT2D eigenvalue weighted by Crippen LogP contribution is -2.45. The molecule has 11 heteroatoms. The molecule has 0 radical (unpaired) electrons. The number of aryl methyl sites for hydroxylation is 1. The van der Waals surface area contributed by atoms with Crippen molar-refractivity contribution in [2.24, 2.45) is 7.05 Å². The van der Waals surface area contributed by atoms with E-state index >= 15 is 0 Å². The number of methoxy groups -OCH3 is 1. The van der Waals surface area contributed by atoms with E-state index in [1.54, 1.807) is 0 Å². The van der Waals surface area contributed by atoms with Gasteiger partial charge in [-0.15, -0.1) is 0 Å². The first-order valence-electron chi connectivity index (χ1n) is 9.61. The fraction of sp³-hybridized carbons (Fsp3) is 0.350. The predicted molar refractivity (Wildman–Crippen MR) is 110 cm³/mol. The highest BCUT2D eigenvalue weighted by atomic mass is 16.5. The van der Waals surface area contributed by atoms with Gasteiger partial charge in [-0.3, -0.25) is 14.2 Å². The van der Waals surface area contributed by atoms with Crippen LogP contribution in [0.5, 0.6) is 0 Å². The van der Waals surface area contributed by atoms with Crippen LogP contribution in [0.2, 0.25) is 0 Å². The number of ether oxygens (including phenoxy) is 1. The van der Waals surface area contributed by atoms with E-state index in [0.29, 0.717) is 48.6 Å². The fourth-order valence-corrected chi connectivity index (χ4v) is 3.77. The molecule has 11 nitrogen and oxygen atoms in total. The Morgan fingerprint density at radius 1 is 1.13 bits per heavy atom. The lowest BCUT2D eigenvalue weighted by molar-refractivity contribution is 0.0600. The van der Waals surface area contributed by atoms with Crippen LogP contribution in [-0.2, 0) is 11.8 Å². The van der Waals surface area contributed by atoms with Crippen LogP contribution in [0, 0.1) is 11.3 Å². The number of carbonyl (C=O) groups excluding carboxylic acids is 1. The van der Waals surface area contributed by atoms with Gasteiger partial charge >= 0.3 is 17.1 Å². The highest BCUT2D eigenvalue weighted by Gasteiger charge is 2.26. The molecule has 0 saturated carbocycles. The van der Waals surface area contributed by atoms with E-state index in [9.17, 15) is 14.4 Å². The van der Waals surface area contributed by atoms with Crippen molar-refractivity contribution in [2.45, 2.75) is 18.9 Å². The second-order valence-electron chi connectivity index (χ2n) is 7.20.